The number of rotatable bonds is 12. The van der Waals surface area contributed by atoms with E-state index in [-0.39, 0.29) is 5.91 Å². The summed E-state index contributed by atoms with van der Waals surface area (Å²) >= 11 is 7.50. The summed E-state index contributed by atoms with van der Waals surface area (Å²) < 4.78 is 11.0. The molecular formula is C30H41ClN8O4S. The van der Waals surface area contributed by atoms with Crippen molar-refractivity contribution in [2.45, 2.75) is 46.6 Å². The summed E-state index contributed by atoms with van der Waals surface area (Å²) in [5.41, 5.74) is 1.07. The van der Waals surface area contributed by atoms with E-state index in [9.17, 15) is 9.59 Å². The van der Waals surface area contributed by atoms with Gasteiger partial charge in [-0.1, -0.05) is 29.0 Å². The molecule has 0 radical (unpaired) electrons. The van der Waals surface area contributed by atoms with E-state index in [0.29, 0.717) is 52.1 Å². The lowest BCUT2D eigenvalue weighted by molar-refractivity contribution is 0.0517. The fraction of sp³-hybridized carbons (Fsp3) is 0.500. The molecule has 3 heterocycles. The predicted molar refractivity (Wildman–Crippen MR) is 175 cm³/mol. The molecule has 0 saturated carbocycles. The standard InChI is InChI=1S/C30H41ClN8O4S/c1-20-7-8-23(22(31)17-20)36-27(40)24-19-33-28(44-24)37-25-18-26(35-21(2)34-25)39-12-10-38(11-13-39)14-16-42-15-6-9-32-29(41)43-30(3,4)5/h7-8,17-19H,6,9-16H2,1-5H3,(H,32,41)(H,36,40)(H,33,34,35,37). The molecule has 12 nitrogen and oxygen atoms in total. The maximum Gasteiger partial charge on any atom is 0.407 e. The van der Waals surface area contributed by atoms with Gasteiger partial charge in [-0.05, 0) is 58.7 Å². The van der Waals surface area contributed by atoms with Gasteiger partial charge in [-0.15, -0.1) is 0 Å². The highest BCUT2D eigenvalue weighted by Gasteiger charge is 2.20. The number of aromatic nitrogens is 3. The number of carbonyl (C=O) groups is 2. The van der Waals surface area contributed by atoms with Crippen LogP contribution in [0.5, 0.6) is 0 Å². The lowest BCUT2D eigenvalue weighted by atomic mass is 10.2. The molecule has 0 spiro atoms. The van der Waals surface area contributed by atoms with E-state index in [0.717, 1.165) is 50.5 Å². The van der Waals surface area contributed by atoms with Gasteiger partial charge >= 0.3 is 6.09 Å². The molecule has 44 heavy (non-hydrogen) atoms. The maximum absolute atomic E-state index is 12.8. The number of thiazole rings is 1. The number of carbonyl (C=O) groups excluding carboxylic acids is 2. The van der Waals surface area contributed by atoms with Gasteiger partial charge in [-0.2, -0.15) is 0 Å². The van der Waals surface area contributed by atoms with Crippen LogP contribution < -0.4 is 20.9 Å². The molecule has 0 atom stereocenters. The summed E-state index contributed by atoms with van der Waals surface area (Å²) in [4.78, 5) is 43.0. The van der Waals surface area contributed by atoms with Crippen LogP contribution in [0.25, 0.3) is 0 Å². The number of aryl methyl sites for hydroxylation is 2. The maximum atomic E-state index is 12.8. The zero-order valence-electron chi connectivity index (χ0n) is 25.9. The first kappa shape index (κ1) is 33.4. The quantitative estimate of drug-likeness (QED) is 0.224. The van der Waals surface area contributed by atoms with Crippen molar-refractivity contribution in [1.29, 1.82) is 0 Å². The second-order valence-electron chi connectivity index (χ2n) is 11.5. The van der Waals surface area contributed by atoms with E-state index in [2.05, 4.69) is 40.7 Å². The van der Waals surface area contributed by atoms with Crippen LogP contribution in [0.4, 0.5) is 27.2 Å². The van der Waals surface area contributed by atoms with Gasteiger partial charge < -0.3 is 30.3 Å². The minimum absolute atomic E-state index is 0.278. The summed E-state index contributed by atoms with van der Waals surface area (Å²) in [6, 6.07) is 7.39. The third-order valence-corrected chi connectivity index (χ3v) is 7.77. The molecule has 1 saturated heterocycles. The second-order valence-corrected chi connectivity index (χ2v) is 12.9. The smallest absolute Gasteiger partial charge is 0.407 e. The topological polar surface area (TPSA) is 134 Å². The molecule has 0 bridgehead atoms. The molecular weight excluding hydrogens is 604 g/mol. The number of hydrogen-bond acceptors (Lipinski definition) is 11. The number of ether oxygens (including phenoxy) is 2. The Morgan fingerprint density at radius 1 is 1.07 bits per heavy atom. The van der Waals surface area contributed by atoms with Gasteiger partial charge in [0, 0.05) is 51.9 Å². The van der Waals surface area contributed by atoms with Crippen molar-refractivity contribution in [2.75, 3.05) is 68.0 Å². The molecule has 14 heteroatoms. The van der Waals surface area contributed by atoms with Gasteiger partial charge in [0.25, 0.3) is 5.91 Å². The van der Waals surface area contributed by atoms with E-state index in [1.807, 2.05) is 46.8 Å². The van der Waals surface area contributed by atoms with E-state index in [1.165, 1.54) is 17.5 Å². The van der Waals surface area contributed by atoms with Crippen molar-refractivity contribution in [2.24, 2.45) is 0 Å². The molecule has 0 unspecified atom stereocenters. The minimum atomic E-state index is -0.498. The van der Waals surface area contributed by atoms with Crippen LogP contribution >= 0.6 is 22.9 Å². The summed E-state index contributed by atoms with van der Waals surface area (Å²) in [5, 5.41) is 9.85. The Kier molecular flexibility index (Phi) is 11.7. The molecule has 238 valence electrons. The lowest BCUT2D eigenvalue weighted by Gasteiger charge is -2.35. The van der Waals surface area contributed by atoms with Crippen LogP contribution in [-0.2, 0) is 9.47 Å². The summed E-state index contributed by atoms with van der Waals surface area (Å²) in [5.74, 6) is 1.83. The second kappa shape index (κ2) is 15.5. The first-order valence-electron chi connectivity index (χ1n) is 14.6. The van der Waals surface area contributed by atoms with E-state index in [4.69, 9.17) is 21.1 Å². The van der Waals surface area contributed by atoms with Gasteiger partial charge in [-0.25, -0.2) is 19.7 Å². The summed E-state index contributed by atoms with van der Waals surface area (Å²) in [6.45, 7) is 15.4. The Hall–Kier alpha value is -3.52. The summed E-state index contributed by atoms with van der Waals surface area (Å²) in [6.07, 6.45) is 1.86. The van der Waals surface area contributed by atoms with E-state index < -0.39 is 11.7 Å². The molecule has 2 amide bonds. The molecule has 3 N–H and O–H groups in total. The third-order valence-electron chi connectivity index (χ3n) is 6.54. The number of alkyl carbamates (subject to hydrolysis) is 1. The Morgan fingerprint density at radius 3 is 2.57 bits per heavy atom. The molecule has 1 aliphatic heterocycles. The fourth-order valence-corrected chi connectivity index (χ4v) is 5.41. The Morgan fingerprint density at radius 2 is 1.84 bits per heavy atom. The van der Waals surface area contributed by atoms with Gasteiger partial charge in [0.15, 0.2) is 5.13 Å². The number of nitrogens with one attached hydrogen (secondary N) is 3. The van der Waals surface area contributed by atoms with Gasteiger partial charge in [-0.3, -0.25) is 9.69 Å². The largest absolute Gasteiger partial charge is 0.444 e. The summed E-state index contributed by atoms with van der Waals surface area (Å²) in [7, 11) is 0. The fourth-order valence-electron chi connectivity index (χ4n) is 4.40. The number of amides is 2. The average molecular weight is 645 g/mol. The zero-order valence-corrected chi connectivity index (χ0v) is 27.5. The van der Waals surface area contributed by atoms with Crippen LogP contribution in [0.3, 0.4) is 0 Å². The average Bonchev–Trinajstić information content (AvgIpc) is 3.41. The highest BCUT2D eigenvalue weighted by molar-refractivity contribution is 7.17. The zero-order chi connectivity index (χ0) is 31.7. The number of hydrogen-bond donors (Lipinski definition) is 3. The van der Waals surface area contributed by atoms with Gasteiger partial charge in [0.1, 0.15) is 27.9 Å². The SMILES string of the molecule is Cc1ccc(NC(=O)c2cnc(Nc3cc(N4CCN(CCOCCCNC(=O)OC(C)(C)C)CC4)nc(C)n3)s2)c(Cl)c1. The van der Waals surface area contributed by atoms with Gasteiger partial charge in [0.05, 0.1) is 23.5 Å². The Balaban J connectivity index is 1.19. The van der Waals surface area contributed by atoms with Crippen molar-refractivity contribution in [3.8, 4) is 0 Å². The monoisotopic (exact) mass is 644 g/mol. The molecule has 0 aliphatic carbocycles. The Labute approximate surface area is 267 Å². The normalized spacial score (nSPS) is 13.9. The number of benzene rings is 1. The highest BCUT2D eigenvalue weighted by atomic mass is 35.5. The first-order valence-corrected chi connectivity index (χ1v) is 15.8. The van der Waals surface area contributed by atoms with Crippen LogP contribution in [0.1, 0.15) is 48.3 Å². The first-order chi connectivity index (χ1) is 20.9. The highest BCUT2D eigenvalue weighted by Crippen LogP contribution is 2.27. The van der Waals surface area contributed by atoms with Crippen molar-refractivity contribution in [3.05, 3.63) is 51.7 Å². The predicted octanol–water partition coefficient (Wildman–Crippen LogP) is 5.25. The van der Waals surface area contributed by atoms with Crippen LogP contribution in [-0.4, -0.2) is 89.9 Å². The number of halogens is 1. The van der Waals surface area contributed by atoms with Crippen LogP contribution in [0, 0.1) is 13.8 Å². The minimum Gasteiger partial charge on any atom is -0.444 e. The molecule has 3 aromatic rings. The van der Waals surface area contributed by atoms with Crippen LogP contribution in [0.2, 0.25) is 5.02 Å². The number of piperazine rings is 1. The number of anilines is 4. The molecule has 4 rings (SSSR count). The van der Waals surface area contributed by atoms with E-state index >= 15 is 0 Å². The molecule has 1 fully saturated rings. The van der Waals surface area contributed by atoms with Crippen molar-refractivity contribution >= 4 is 57.4 Å². The van der Waals surface area contributed by atoms with Gasteiger partial charge in [0.2, 0.25) is 0 Å². The van der Waals surface area contributed by atoms with Crippen molar-refractivity contribution in [1.82, 2.24) is 25.2 Å². The van der Waals surface area contributed by atoms with E-state index in [1.54, 1.807) is 12.1 Å². The van der Waals surface area contributed by atoms with Crippen LogP contribution in [0.15, 0.2) is 30.5 Å². The number of nitrogens with zero attached hydrogens (tertiary/aromatic N) is 5. The Bertz CT molecular complexity index is 1420. The van der Waals surface area contributed by atoms with Crippen molar-refractivity contribution in [3.63, 3.8) is 0 Å². The van der Waals surface area contributed by atoms with Crippen molar-refractivity contribution < 1.29 is 19.1 Å². The lowest BCUT2D eigenvalue weighted by Crippen LogP contribution is -2.47. The molecule has 2 aromatic heterocycles. The molecule has 1 aromatic carbocycles. The molecule has 1 aliphatic rings. The third kappa shape index (κ3) is 10.6.